The van der Waals surface area contributed by atoms with E-state index >= 15 is 0 Å². The van der Waals surface area contributed by atoms with Crippen molar-refractivity contribution < 1.29 is 19.0 Å². The molecular formula is C14H23FN2O3. The zero-order valence-corrected chi connectivity index (χ0v) is 12.1. The number of aliphatic hydroxyl groups excluding tert-OH is 1. The minimum atomic E-state index is -0.476. The van der Waals surface area contributed by atoms with Crippen molar-refractivity contribution in [2.45, 2.75) is 13.3 Å². The average molecular weight is 286 g/mol. The SMILES string of the molecule is CCCOc1cc(N(CCO)CCOC)c(N)cc1F. The highest BCUT2D eigenvalue weighted by molar-refractivity contribution is 5.70. The van der Waals surface area contributed by atoms with Crippen molar-refractivity contribution in [3.63, 3.8) is 0 Å². The number of methoxy groups -OCH3 is 1. The van der Waals surface area contributed by atoms with Gasteiger partial charge in [0.25, 0.3) is 0 Å². The molecule has 0 saturated heterocycles. The van der Waals surface area contributed by atoms with Gasteiger partial charge in [-0.2, -0.15) is 0 Å². The largest absolute Gasteiger partial charge is 0.490 e. The number of nitrogens with two attached hydrogens (primary N) is 1. The molecule has 3 N–H and O–H groups in total. The van der Waals surface area contributed by atoms with E-state index in [0.29, 0.717) is 37.7 Å². The molecule has 0 aliphatic heterocycles. The maximum Gasteiger partial charge on any atom is 0.167 e. The molecular weight excluding hydrogens is 263 g/mol. The summed E-state index contributed by atoms with van der Waals surface area (Å²) < 4.78 is 24.2. The van der Waals surface area contributed by atoms with E-state index in [4.69, 9.17) is 20.3 Å². The fourth-order valence-corrected chi connectivity index (χ4v) is 1.83. The van der Waals surface area contributed by atoms with Gasteiger partial charge in [0.2, 0.25) is 0 Å². The number of benzene rings is 1. The van der Waals surface area contributed by atoms with E-state index in [-0.39, 0.29) is 12.4 Å². The van der Waals surface area contributed by atoms with Crippen molar-refractivity contribution >= 4 is 11.4 Å². The highest BCUT2D eigenvalue weighted by Crippen LogP contribution is 2.31. The van der Waals surface area contributed by atoms with Crippen LogP contribution in [0.15, 0.2) is 12.1 Å². The lowest BCUT2D eigenvalue weighted by molar-refractivity contribution is 0.203. The highest BCUT2D eigenvalue weighted by Gasteiger charge is 2.14. The van der Waals surface area contributed by atoms with Gasteiger partial charge in [-0.3, -0.25) is 0 Å². The molecule has 1 rings (SSSR count). The lowest BCUT2D eigenvalue weighted by atomic mass is 10.2. The summed E-state index contributed by atoms with van der Waals surface area (Å²) in [6, 6.07) is 2.82. The second-order valence-corrected chi connectivity index (χ2v) is 4.39. The molecule has 0 spiro atoms. The minimum Gasteiger partial charge on any atom is -0.490 e. The Morgan fingerprint density at radius 1 is 1.30 bits per heavy atom. The third-order valence-corrected chi connectivity index (χ3v) is 2.82. The van der Waals surface area contributed by atoms with Crippen LogP contribution in [0.1, 0.15) is 13.3 Å². The quantitative estimate of drug-likeness (QED) is 0.676. The smallest absolute Gasteiger partial charge is 0.167 e. The Kier molecular flexibility index (Phi) is 7.11. The number of halogens is 1. The summed E-state index contributed by atoms with van der Waals surface area (Å²) >= 11 is 0. The Labute approximate surface area is 119 Å². The molecule has 0 bridgehead atoms. The summed E-state index contributed by atoms with van der Waals surface area (Å²) in [6.45, 7) is 3.81. The first kappa shape index (κ1) is 16.5. The summed E-state index contributed by atoms with van der Waals surface area (Å²) in [5.41, 5.74) is 6.82. The van der Waals surface area contributed by atoms with E-state index in [2.05, 4.69) is 0 Å². The molecule has 0 unspecified atom stereocenters. The molecule has 5 nitrogen and oxygen atoms in total. The van der Waals surface area contributed by atoms with Crippen LogP contribution in [-0.4, -0.2) is 45.1 Å². The molecule has 0 radical (unpaired) electrons. The van der Waals surface area contributed by atoms with E-state index in [0.717, 1.165) is 6.42 Å². The van der Waals surface area contributed by atoms with Crippen molar-refractivity contribution in [2.75, 3.05) is 50.7 Å². The number of hydrogen-bond acceptors (Lipinski definition) is 5. The molecule has 1 aromatic carbocycles. The lowest BCUT2D eigenvalue weighted by Crippen LogP contribution is -2.30. The monoisotopic (exact) mass is 286 g/mol. The van der Waals surface area contributed by atoms with Crippen molar-refractivity contribution in [1.82, 2.24) is 0 Å². The van der Waals surface area contributed by atoms with Gasteiger partial charge in [-0.25, -0.2) is 4.39 Å². The van der Waals surface area contributed by atoms with Crippen molar-refractivity contribution in [3.8, 4) is 5.75 Å². The number of rotatable bonds is 9. The fraction of sp³-hybridized carbons (Fsp3) is 0.571. The molecule has 0 amide bonds. The molecule has 20 heavy (non-hydrogen) atoms. The zero-order valence-electron chi connectivity index (χ0n) is 12.1. The van der Waals surface area contributed by atoms with E-state index in [1.807, 2.05) is 11.8 Å². The number of nitrogens with zero attached hydrogens (tertiary/aromatic N) is 1. The number of aliphatic hydroxyl groups is 1. The summed E-state index contributed by atoms with van der Waals surface area (Å²) in [4.78, 5) is 1.84. The van der Waals surface area contributed by atoms with Crippen LogP contribution in [-0.2, 0) is 4.74 Å². The summed E-state index contributed by atoms with van der Waals surface area (Å²) in [5.74, 6) is -0.299. The Morgan fingerprint density at radius 3 is 2.65 bits per heavy atom. The average Bonchev–Trinajstić information content (AvgIpc) is 2.43. The van der Waals surface area contributed by atoms with Crippen LogP contribution >= 0.6 is 0 Å². The molecule has 0 aromatic heterocycles. The first-order valence-corrected chi connectivity index (χ1v) is 6.70. The van der Waals surface area contributed by atoms with Gasteiger partial charge in [0.15, 0.2) is 11.6 Å². The third-order valence-electron chi connectivity index (χ3n) is 2.82. The Morgan fingerprint density at radius 2 is 2.05 bits per heavy atom. The van der Waals surface area contributed by atoms with E-state index < -0.39 is 5.82 Å². The second-order valence-electron chi connectivity index (χ2n) is 4.39. The van der Waals surface area contributed by atoms with Gasteiger partial charge in [-0.05, 0) is 6.42 Å². The maximum atomic E-state index is 13.8. The van der Waals surface area contributed by atoms with Crippen molar-refractivity contribution in [2.24, 2.45) is 0 Å². The van der Waals surface area contributed by atoms with Crippen molar-refractivity contribution in [1.29, 1.82) is 0 Å². The molecule has 0 aliphatic rings. The van der Waals surface area contributed by atoms with Crippen LogP contribution in [0, 0.1) is 5.82 Å². The lowest BCUT2D eigenvalue weighted by Gasteiger charge is -2.25. The molecule has 0 aliphatic carbocycles. The van der Waals surface area contributed by atoms with E-state index in [9.17, 15) is 4.39 Å². The summed E-state index contributed by atoms with van der Waals surface area (Å²) in [7, 11) is 1.60. The van der Waals surface area contributed by atoms with Crippen LogP contribution in [0.4, 0.5) is 15.8 Å². The van der Waals surface area contributed by atoms with Gasteiger partial charge in [0.1, 0.15) is 0 Å². The molecule has 1 aromatic rings. The molecule has 6 heteroatoms. The zero-order chi connectivity index (χ0) is 15.0. The first-order chi connectivity index (χ1) is 9.63. The summed E-state index contributed by atoms with van der Waals surface area (Å²) in [5, 5.41) is 9.12. The minimum absolute atomic E-state index is 0.0221. The third kappa shape index (κ3) is 4.54. The van der Waals surface area contributed by atoms with Gasteiger partial charge >= 0.3 is 0 Å². The molecule has 114 valence electrons. The van der Waals surface area contributed by atoms with Gasteiger partial charge in [0, 0.05) is 32.3 Å². The second kappa shape index (κ2) is 8.60. The fourth-order valence-electron chi connectivity index (χ4n) is 1.83. The van der Waals surface area contributed by atoms with E-state index in [1.165, 1.54) is 6.07 Å². The Bertz CT molecular complexity index is 416. The van der Waals surface area contributed by atoms with Gasteiger partial charge < -0.3 is 25.2 Å². The normalized spacial score (nSPS) is 10.6. The predicted molar refractivity (Wildman–Crippen MR) is 77.8 cm³/mol. The van der Waals surface area contributed by atoms with Gasteiger partial charge in [0.05, 0.1) is 31.2 Å². The highest BCUT2D eigenvalue weighted by atomic mass is 19.1. The van der Waals surface area contributed by atoms with Crippen LogP contribution < -0.4 is 15.4 Å². The number of nitrogen functional groups attached to an aromatic ring is 1. The summed E-state index contributed by atoms with van der Waals surface area (Å²) in [6.07, 6.45) is 0.795. The molecule has 0 saturated carbocycles. The molecule has 0 fully saturated rings. The van der Waals surface area contributed by atoms with E-state index in [1.54, 1.807) is 13.2 Å². The van der Waals surface area contributed by atoms with Crippen LogP contribution in [0.25, 0.3) is 0 Å². The number of anilines is 2. The van der Waals surface area contributed by atoms with Crippen molar-refractivity contribution in [3.05, 3.63) is 17.9 Å². The standard InChI is InChI=1S/C14H23FN2O3/c1-3-7-20-14-10-13(12(16)9-11(14)15)17(4-6-18)5-8-19-2/h9-10,18H,3-8,16H2,1-2H3. The number of ether oxygens (including phenoxy) is 2. The van der Waals surface area contributed by atoms with Crippen LogP contribution in [0.3, 0.4) is 0 Å². The van der Waals surface area contributed by atoms with Crippen LogP contribution in [0.5, 0.6) is 5.75 Å². The Balaban J connectivity index is 2.99. The van der Waals surface area contributed by atoms with Gasteiger partial charge in [-0.1, -0.05) is 6.92 Å². The molecule has 0 heterocycles. The topological polar surface area (TPSA) is 68.0 Å². The van der Waals surface area contributed by atoms with Crippen LogP contribution in [0.2, 0.25) is 0 Å². The first-order valence-electron chi connectivity index (χ1n) is 6.70. The maximum absolute atomic E-state index is 13.8. The predicted octanol–water partition coefficient (Wildman–Crippen LogP) is 1.64. The Hall–Kier alpha value is -1.53. The van der Waals surface area contributed by atoms with Gasteiger partial charge in [-0.15, -0.1) is 0 Å². The molecule has 0 atom stereocenters. The number of hydrogen-bond donors (Lipinski definition) is 2.